The highest BCUT2D eigenvalue weighted by atomic mass is 79.9. The fourth-order valence-corrected chi connectivity index (χ4v) is 3.85. The van der Waals surface area contributed by atoms with Crippen molar-refractivity contribution in [2.24, 2.45) is 5.92 Å². The van der Waals surface area contributed by atoms with Crippen molar-refractivity contribution in [1.82, 2.24) is 9.97 Å². The van der Waals surface area contributed by atoms with E-state index in [1.54, 1.807) is 17.7 Å². The fourth-order valence-electron chi connectivity index (χ4n) is 2.44. The average Bonchev–Trinajstić information content (AvgIpc) is 2.78. The average molecular weight is 342 g/mol. The zero-order valence-electron chi connectivity index (χ0n) is 10.0. The van der Waals surface area contributed by atoms with Crippen molar-refractivity contribution in [3.8, 4) is 0 Å². The summed E-state index contributed by atoms with van der Waals surface area (Å²) in [5.74, 6) is -0.180. The van der Waals surface area contributed by atoms with Gasteiger partial charge in [-0.3, -0.25) is 4.79 Å². The maximum Gasteiger partial charge on any atom is 0.308 e. The van der Waals surface area contributed by atoms with Crippen LogP contribution in [0.5, 0.6) is 0 Å². The Morgan fingerprint density at radius 1 is 1.53 bits per heavy atom. The van der Waals surface area contributed by atoms with Crippen LogP contribution in [0.15, 0.2) is 16.2 Å². The Morgan fingerprint density at radius 3 is 3.16 bits per heavy atom. The molecule has 0 bridgehead atoms. The lowest BCUT2D eigenvalue weighted by Gasteiger charge is -2.31. The second-order valence-corrected chi connectivity index (χ2v) is 7.00. The monoisotopic (exact) mass is 341 g/mol. The topological polar surface area (TPSA) is 66.3 Å². The van der Waals surface area contributed by atoms with Gasteiger partial charge in [0, 0.05) is 13.1 Å². The minimum atomic E-state index is -0.721. The van der Waals surface area contributed by atoms with Crippen LogP contribution in [0.2, 0.25) is 0 Å². The third kappa shape index (κ3) is 2.44. The molecule has 7 heteroatoms. The molecule has 1 saturated heterocycles. The molecule has 1 N–H and O–H groups in total. The zero-order chi connectivity index (χ0) is 13.4. The van der Waals surface area contributed by atoms with Crippen LogP contribution < -0.4 is 4.90 Å². The van der Waals surface area contributed by atoms with Gasteiger partial charge >= 0.3 is 5.97 Å². The molecule has 3 rings (SSSR count). The summed E-state index contributed by atoms with van der Waals surface area (Å²) in [4.78, 5) is 22.7. The molecule has 5 nitrogen and oxygen atoms in total. The number of aliphatic carboxylic acids is 1. The Kier molecular flexibility index (Phi) is 3.40. The number of carboxylic acids is 1. The number of carboxylic acid groups (broad SMARTS) is 1. The highest BCUT2D eigenvalue weighted by Gasteiger charge is 2.27. The van der Waals surface area contributed by atoms with E-state index in [4.69, 9.17) is 5.11 Å². The maximum atomic E-state index is 11.1. The van der Waals surface area contributed by atoms with Gasteiger partial charge in [0.05, 0.1) is 15.1 Å². The minimum Gasteiger partial charge on any atom is -0.481 e. The quantitative estimate of drug-likeness (QED) is 0.909. The SMILES string of the molecule is O=C(O)[C@H]1CCCN(c2ncnc3sc(Br)cc23)C1. The van der Waals surface area contributed by atoms with Crippen molar-refractivity contribution < 1.29 is 9.90 Å². The fraction of sp³-hybridized carbons (Fsp3) is 0.417. The molecule has 0 radical (unpaired) electrons. The maximum absolute atomic E-state index is 11.1. The third-order valence-corrected chi connectivity index (χ3v) is 4.89. The van der Waals surface area contributed by atoms with E-state index in [9.17, 15) is 4.79 Å². The minimum absolute atomic E-state index is 0.305. The summed E-state index contributed by atoms with van der Waals surface area (Å²) in [5, 5.41) is 10.1. The molecule has 1 atom stereocenters. The molecule has 2 aromatic heterocycles. The Bertz CT molecular complexity index is 630. The molecular formula is C12H12BrN3O2S. The molecule has 19 heavy (non-hydrogen) atoms. The first-order valence-corrected chi connectivity index (χ1v) is 7.64. The molecule has 0 saturated carbocycles. The Labute approximate surface area is 122 Å². The number of piperidine rings is 1. The zero-order valence-corrected chi connectivity index (χ0v) is 12.4. The van der Waals surface area contributed by atoms with E-state index in [1.807, 2.05) is 6.07 Å². The number of hydrogen-bond donors (Lipinski definition) is 1. The molecule has 3 heterocycles. The van der Waals surface area contributed by atoms with Gasteiger partial charge in [0.15, 0.2) is 0 Å². The predicted molar refractivity (Wildman–Crippen MR) is 77.7 cm³/mol. The first kappa shape index (κ1) is 12.8. The van der Waals surface area contributed by atoms with Gasteiger partial charge < -0.3 is 10.0 Å². The first-order valence-electron chi connectivity index (χ1n) is 6.03. The van der Waals surface area contributed by atoms with Gasteiger partial charge in [-0.15, -0.1) is 11.3 Å². The smallest absolute Gasteiger partial charge is 0.308 e. The lowest BCUT2D eigenvalue weighted by molar-refractivity contribution is -0.141. The summed E-state index contributed by atoms with van der Waals surface area (Å²) in [6.07, 6.45) is 3.17. The van der Waals surface area contributed by atoms with Crippen LogP contribution >= 0.6 is 27.3 Å². The predicted octanol–water partition coefficient (Wildman–Crippen LogP) is 2.75. The van der Waals surface area contributed by atoms with Gasteiger partial charge in [0.1, 0.15) is 17.0 Å². The number of fused-ring (bicyclic) bond motifs is 1. The van der Waals surface area contributed by atoms with Crippen molar-refractivity contribution in [2.45, 2.75) is 12.8 Å². The van der Waals surface area contributed by atoms with Crippen LogP contribution in [0.25, 0.3) is 10.2 Å². The van der Waals surface area contributed by atoms with E-state index in [0.29, 0.717) is 6.54 Å². The summed E-state index contributed by atoms with van der Waals surface area (Å²) >= 11 is 5.02. The van der Waals surface area contributed by atoms with Crippen molar-refractivity contribution in [2.75, 3.05) is 18.0 Å². The summed E-state index contributed by atoms with van der Waals surface area (Å²) < 4.78 is 1.01. The van der Waals surface area contributed by atoms with E-state index in [1.165, 1.54) is 0 Å². The summed E-state index contributed by atoms with van der Waals surface area (Å²) in [5.41, 5.74) is 0. The van der Waals surface area contributed by atoms with Gasteiger partial charge in [-0.05, 0) is 34.8 Å². The van der Waals surface area contributed by atoms with Crippen LogP contribution in [0.1, 0.15) is 12.8 Å². The number of hydrogen-bond acceptors (Lipinski definition) is 5. The van der Waals surface area contributed by atoms with Crippen LogP contribution in [0.3, 0.4) is 0 Å². The van der Waals surface area contributed by atoms with Gasteiger partial charge in [0.2, 0.25) is 0 Å². The first-order chi connectivity index (χ1) is 9.15. The molecule has 1 aliphatic rings. The Morgan fingerprint density at radius 2 is 2.37 bits per heavy atom. The van der Waals surface area contributed by atoms with Gasteiger partial charge in [-0.25, -0.2) is 9.97 Å². The third-order valence-electron chi connectivity index (χ3n) is 3.35. The van der Waals surface area contributed by atoms with Gasteiger partial charge in [-0.1, -0.05) is 0 Å². The molecule has 1 fully saturated rings. The number of nitrogens with zero attached hydrogens (tertiary/aromatic N) is 3. The molecule has 0 aromatic carbocycles. The summed E-state index contributed by atoms with van der Waals surface area (Å²) in [7, 11) is 0. The number of rotatable bonds is 2. The molecular weight excluding hydrogens is 330 g/mol. The number of anilines is 1. The number of aromatic nitrogens is 2. The summed E-state index contributed by atoms with van der Waals surface area (Å²) in [6.45, 7) is 1.37. The largest absolute Gasteiger partial charge is 0.481 e. The molecule has 0 spiro atoms. The normalized spacial score (nSPS) is 19.8. The molecule has 2 aromatic rings. The Hall–Kier alpha value is -1.21. The van der Waals surface area contributed by atoms with Crippen LogP contribution in [-0.2, 0) is 4.79 Å². The van der Waals surface area contributed by atoms with Crippen LogP contribution in [-0.4, -0.2) is 34.1 Å². The molecule has 0 amide bonds. The van der Waals surface area contributed by atoms with Crippen molar-refractivity contribution >= 4 is 49.3 Å². The molecule has 0 unspecified atom stereocenters. The van der Waals surface area contributed by atoms with Gasteiger partial charge in [0.25, 0.3) is 0 Å². The van der Waals surface area contributed by atoms with Crippen molar-refractivity contribution in [3.05, 3.63) is 16.2 Å². The van der Waals surface area contributed by atoms with Crippen LogP contribution in [0, 0.1) is 5.92 Å². The molecule has 1 aliphatic heterocycles. The van der Waals surface area contributed by atoms with Crippen molar-refractivity contribution in [1.29, 1.82) is 0 Å². The van der Waals surface area contributed by atoms with Crippen LogP contribution in [0.4, 0.5) is 5.82 Å². The standard InChI is InChI=1S/C12H12BrN3O2S/c13-9-4-8-10(14-6-15-11(8)19-9)16-3-1-2-7(5-16)12(17)18/h4,6-7H,1-3,5H2,(H,17,18)/t7-/m0/s1. The highest BCUT2D eigenvalue weighted by Crippen LogP contribution is 2.34. The van der Waals surface area contributed by atoms with Gasteiger partial charge in [-0.2, -0.15) is 0 Å². The van der Waals surface area contributed by atoms with E-state index in [2.05, 4.69) is 30.8 Å². The van der Waals surface area contributed by atoms with E-state index < -0.39 is 5.97 Å². The van der Waals surface area contributed by atoms with Crippen molar-refractivity contribution in [3.63, 3.8) is 0 Å². The molecule has 100 valence electrons. The Balaban J connectivity index is 1.97. The van der Waals surface area contributed by atoms with E-state index in [-0.39, 0.29) is 5.92 Å². The summed E-state index contributed by atoms with van der Waals surface area (Å²) in [6, 6.07) is 2.00. The second-order valence-electron chi connectivity index (χ2n) is 4.59. The second kappa shape index (κ2) is 5.05. The molecule has 0 aliphatic carbocycles. The number of thiophene rings is 1. The highest BCUT2D eigenvalue weighted by molar-refractivity contribution is 9.11. The lowest BCUT2D eigenvalue weighted by Crippen LogP contribution is -2.39. The van der Waals surface area contributed by atoms with E-state index >= 15 is 0 Å². The van der Waals surface area contributed by atoms with E-state index in [0.717, 1.165) is 39.2 Å². The number of carbonyl (C=O) groups is 1. The number of halogens is 1. The lowest BCUT2D eigenvalue weighted by atomic mass is 9.98.